The van der Waals surface area contributed by atoms with Crippen LogP contribution in [0.5, 0.6) is 0 Å². The lowest BCUT2D eigenvalue weighted by Gasteiger charge is -2.14. The molecule has 1 amide bonds. The number of nitrogen functional groups attached to an aromatic ring is 1. The minimum atomic E-state index is -0.535. The van der Waals surface area contributed by atoms with Crippen molar-refractivity contribution in [2.45, 2.75) is 26.4 Å². The molecule has 0 aliphatic rings. The Morgan fingerprint density at radius 3 is 2.89 bits per heavy atom. The molecule has 0 aliphatic carbocycles. The van der Waals surface area contributed by atoms with Crippen molar-refractivity contribution in [2.75, 3.05) is 12.3 Å². The molecule has 1 atom stereocenters. The summed E-state index contributed by atoms with van der Waals surface area (Å²) in [6, 6.07) is 1.49. The lowest BCUT2D eigenvalue weighted by molar-refractivity contribution is 0.0899. The molecule has 0 spiro atoms. The van der Waals surface area contributed by atoms with E-state index in [0.717, 1.165) is 0 Å². The number of hydrogen-bond donors (Lipinski definition) is 3. The first-order chi connectivity index (χ1) is 8.40. The van der Waals surface area contributed by atoms with Crippen molar-refractivity contribution in [1.29, 1.82) is 0 Å². The first kappa shape index (κ1) is 14.9. The summed E-state index contributed by atoms with van der Waals surface area (Å²) in [5.74, 6) is 0.394. The number of pyridine rings is 1. The van der Waals surface area contributed by atoms with Gasteiger partial charge >= 0.3 is 0 Å². The summed E-state index contributed by atoms with van der Waals surface area (Å²) in [5, 5.41) is 12.3. The molecular formula is C12H18BrN3O2. The summed E-state index contributed by atoms with van der Waals surface area (Å²) >= 11 is 3.24. The van der Waals surface area contributed by atoms with Crippen LogP contribution >= 0.6 is 15.9 Å². The van der Waals surface area contributed by atoms with E-state index >= 15 is 0 Å². The van der Waals surface area contributed by atoms with Gasteiger partial charge in [0.05, 0.1) is 11.7 Å². The molecule has 0 radical (unpaired) electrons. The van der Waals surface area contributed by atoms with E-state index in [1.165, 1.54) is 12.3 Å². The van der Waals surface area contributed by atoms with Crippen LogP contribution in [0.1, 0.15) is 30.6 Å². The van der Waals surface area contributed by atoms with Gasteiger partial charge in [-0.15, -0.1) is 0 Å². The molecule has 1 heterocycles. The molecule has 0 fully saturated rings. The van der Waals surface area contributed by atoms with E-state index in [9.17, 15) is 9.90 Å². The Balaban J connectivity index is 2.58. The SMILES string of the molecule is CC(C)CC(O)CNC(=O)c1cc(N)ncc1Br. The molecule has 1 aromatic rings. The van der Waals surface area contributed by atoms with Crippen molar-refractivity contribution in [1.82, 2.24) is 10.3 Å². The van der Waals surface area contributed by atoms with Crippen molar-refractivity contribution >= 4 is 27.7 Å². The van der Waals surface area contributed by atoms with Crippen LogP contribution in [0.3, 0.4) is 0 Å². The smallest absolute Gasteiger partial charge is 0.252 e. The molecule has 1 aromatic heterocycles. The highest BCUT2D eigenvalue weighted by Crippen LogP contribution is 2.17. The van der Waals surface area contributed by atoms with Gasteiger partial charge in [-0.25, -0.2) is 4.98 Å². The van der Waals surface area contributed by atoms with Crippen LogP contribution in [0.15, 0.2) is 16.7 Å². The van der Waals surface area contributed by atoms with E-state index in [1.54, 1.807) is 0 Å². The van der Waals surface area contributed by atoms with Crippen molar-refractivity contribution < 1.29 is 9.90 Å². The van der Waals surface area contributed by atoms with Crippen molar-refractivity contribution in [2.24, 2.45) is 5.92 Å². The number of aromatic nitrogens is 1. The number of aliphatic hydroxyl groups is 1. The number of aliphatic hydroxyl groups excluding tert-OH is 1. The summed E-state index contributed by atoms with van der Waals surface area (Å²) in [6.45, 7) is 4.27. The number of hydrogen-bond acceptors (Lipinski definition) is 4. The maximum Gasteiger partial charge on any atom is 0.252 e. The van der Waals surface area contributed by atoms with E-state index in [-0.39, 0.29) is 18.3 Å². The topological polar surface area (TPSA) is 88.2 Å². The Kier molecular flexibility index (Phi) is 5.55. The van der Waals surface area contributed by atoms with Crippen molar-refractivity contribution in [3.05, 3.63) is 22.3 Å². The molecule has 18 heavy (non-hydrogen) atoms. The standard InChI is InChI=1S/C12H18BrN3O2/c1-7(2)3-8(17)5-16-12(18)9-4-11(14)15-6-10(9)13/h4,6-8,17H,3,5H2,1-2H3,(H2,14,15)(H,16,18). The van der Waals surface area contributed by atoms with E-state index in [1.807, 2.05) is 13.8 Å². The maximum atomic E-state index is 11.9. The Labute approximate surface area is 115 Å². The zero-order valence-electron chi connectivity index (χ0n) is 10.5. The van der Waals surface area contributed by atoms with Gasteiger partial charge in [0.2, 0.25) is 0 Å². The Bertz CT molecular complexity index is 424. The predicted octanol–water partition coefficient (Wildman–Crippen LogP) is 1.56. The van der Waals surface area contributed by atoms with E-state index in [4.69, 9.17) is 5.73 Å². The molecule has 0 aliphatic heterocycles. The third-order valence-electron chi connectivity index (χ3n) is 2.36. The Hall–Kier alpha value is -1.14. The number of nitrogens with two attached hydrogens (primary N) is 1. The summed E-state index contributed by atoms with van der Waals surface area (Å²) in [4.78, 5) is 15.7. The number of halogens is 1. The molecule has 5 nitrogen and oxygen atoms in total. The third kappa shape index (κ3) is 4.62. The average molecular weight is 316 g/mol. The molecule has 4 N–H and O–H groups in total. The van der Waals surface area contributed by atoms with Crippen molar-refractivity contribution in [3.8, 4) is 0 Å². The molecule has 0 saturated carbocycles. The second-order valence-electron chi connectivity index (χ2n) is 4.58. The minimum absolute atomic E-state index is 0.228. The monoisotopic (exact) mass is 315 g/mol. The van der Waals surface area contributed by atoms with Crippen LogP contribution in [-0.4, -0.2) is 28.6 Å². The molecule has 100 valence electrons. The van der Waals surface area contributed by atoms with Crippen LogP contribution in [0.25, 0.3) is 0 Å². The highest BCUT2D eigenvalue weighted by atomic mass is 79.9. The second kappa shape index (κ2) is 6.70. The van der Waals surface area contributed by atoms with Gasteiger partial charge < -0.3 is 16.2 Å². The molecular weight excluding hydrogens is 298 g/mol. The molecule has 0 aromatic carbocycles. The molecule has 0 bridgehead atoms. The van der Waals surface area contributed by atoms with E-state index in [2.05, 4.69) is 26.2 Å². The van der Waals surface area contributed by atoms with E-state index < -0.39 is 6.10 Å². The average Bonchev–Trinajstić information content (AvgIpc) is 2.28. The third-order valence-corrected chi connectivity index (χ3v) is 2.99. The fraction of sp³-hybridized carbons (Fsp3) is 0.500. The number of amides is 1. The van der Waals surface area contributed by atoms with Gasteiger partial charge in [0.1, 0.15) is 5.82 Å². The largest absolute Gasteiger partial charge is 0.391 e. The predicted molar refractivity (Wildman–Crippen MR) is 74.1 cm³/mol. The first-order valence-electron chi connectivity index (χ1n) is 5.77. The quantitative estimate of drug-likeness (QED) is 0.769. The summed E-state index contributed by atoms with van der Waals surface area (Å²) in [5.41, 5.74) is 5.94. The number of carbonyl (C=O) groups is 1. The number of anilines is 1. The second-order valence-corrected chi connectivity index (χ2v) is 5.44. The summed E-state index contributed by atoms with van der Waals surface area (Å²) < 4.78 is 0.576. The molecule has 0 saturated heterocycles. The van der Waals surface area contributed by atoms with Crippen LogP contribution in [-0.2, 0) is 0 Å². The highest BCUT2D eigenvalue weighted by Gasteiger charge is 2.13. The van der Waals surface area contributed by atoms with Gasteiger partial charge in [-0.1, -0.05) is 13.8 Å². The number of rotatable bonds is 5. The van der Waals surface area contributed by atoms with Gasteiger partial charge in [-0.2, -0.15) is 0 Å². The van der Waals surface area contributed by atoms with Crippen LogP contribution in [0.2, 0.25) is 0 Å². The summed E-state index contributed by atoms with van der Waals surface area (Å²) in [6.07, 6.45) is 1.60. The first-order valence-corrected chi connectivity index (χ1v) is 6.56. The van der Waals surface area contributed by atoms with Gasteiger partial charge in [-0.3, -0.25) is 4.79 Å². The normalized spacial score (nSPS) is 12.5. The van der Waals surface area contributed by atoms with Crippen LogP contribution in [0.4, 0.5) is 5.82 Å². The number of nitrogens with zero attached hydrogens (tertiary/aromatic N) is 1. The fourth-order valence-corrected chi connectivity index (χ4v) is 1.96. The maximum absolute atomic E-state index is 11.9. The van der Waals surface area contributed by atoms with Crippen LogP contribution < -0.4 is 11.1 Å². The van der Waals surface area contributed by atoms with Crippen LogP contribution in [0, 0.1) is 5.92 Å². The van der Waals surface area contributed by atoms with Gasteiger partial charge in [-0.05, 0) is 34.3 Å². The lowest BCUT2D eigenvalue weighted by Crippen LogP contribution is -2.33. The van der Waals surface area contributed by atoms with Gasteiger partial charge in [0.25, 0.3) is 5.91 Å². The Morgan fingerprint density at radius 1 is 1.61 bits per heavy atom. The van der Waals surface area contributed by atoms with E-state index in [0.29, 0.717) is 22.4 Å². The zero-order chi connectivity index (χ0) is 13.7. The number of nitrogens with one attached hydrogen (secondary N) is 1. The van der Waals surface area contributed by atoms with Gasteiger partial charge in [0, 0.05) is 17.2 Å². The molecule has 1 rings (SSSR count). The fourth-order valence-electron chi connectivity index (χ4n) is 1.56. The highest BCUT2D eigenvalue weighted by molar-refractivity contribution is 9.10. The summed E-state index contributed by atoms with van der Waals surface area (Å²) in [7, 11) is 0. The molecule has 1 unspecified atom stereocenters. The molecule has 6 heteroatoms. The van der Waals surface area contributed by atoms with Gasteiger partial charge in [0.15, 0.2) is 0 Å². The van der Waals surface area contributed by atoms with Crippen molar-refractivity contribution in [3.63, 3.8) is 0 Å². The number of carbonyl (C=O) groups excluding carboxylic acids is 1. The lowest BCUT2D eigenvalue weighted by atomic mass is 10.1. The zero-order valence-corrected chi connectivity index (χ0v) is 12.1. The minimum Gasteiger partial charge on any atom is -0.391 e. The Morgan fingerprint density at radius 2 is 2.28 bits per heavy atom.